The molecule has 0 saturated carbocycles. The van der Waals surface area contributed by atoms with E-state index in [1.54, 1.807) is 13.2 Å². The highest BCUT2D eigenvalue weighted by Crippen LogP contribution is 2.19. The Morgan fingerprint density at radius 2 is 2.10 bits per heavy atom. The van der Waals surface area contributed by atoms with E-state index in [2.05, 4.69) is 10.3 Å². The highest BCUT2D eigenvalue weighted by molar-refractivity contribution is 6.06. The first-order valence-electron chi connectivity index (χ1n) is 6.72. The Bertz CT molecular complexity index is 616. The Labute approximate surface area is 123 Å². The first kappa shape index (κ1) is 15.2. The van der Waals surface area contributed by atoms with Crippen LogP contribution in [0.3, 0.4) is 0 Å². The predicted molar refractivity (Wildman–Crippen MR) is 81.2 cm³/mol. The Morgan fingerprint density at radius 1 is 1.29 bits per heavy atom. The summed E-state index contributed by atoms with van der Waals surface area (Å²) in [6.45, 7) is 1.92. The molecule has 3 N–H and O–H groups in total. The lowest BCUT2D eigenvalue weighted by atomic mass is 10.1. The smallest absolute Gasteiger partial charge is 0.252 e. The molecule has 1 aromatic heterocycles. The normalized spacial score (nSPS) is 10.7. The fraction of sp³-hybridized carbons (Fsp3) is 0.333. The summed E-state index contributed by atoms with van der Waals surface area (Å²) in [6, 6.07) is 9.00. The number of carbonyl (C=O) groups is 1. The van der Waals surface area contributed by atoms with Gasteiger partial charge < -0.3 is 20.5 Å². The van der Waals surface area contributed by atoms with Gasteiger partial charge in [-0.3, -0.25) is 4.79 Å². The van der Waals surface area contributed by atoms with Crippen molar-refractivity contribution >= 4 is 22.6 Å². The summed E-state index contributed by atoms with van der Waals surface area (Å²) in [5.41, 5.74) is 6.97. The monoisotopic (exact) mass is 289 g/mol. The maximum Gasteiger partial charge on any atom is 0.252 e. The van der Waals surface area contributed by atoms with Crippen molar-refractivity contribution in [1.29, 1.82) is 0 Å². The van der Waals surface area contributed by atoms with Crippen LogP contribution < -0.4 is 11.1 Å². The van der Waals surface area contributed by atoms with Gasteiger partial charge in [0.15, 0.2) is 0 Å². The van der Waals surface area contributed by atoms with Crippen molar-refractivity contribution in [3.8, 4) is 0 Å². The number of benzene rings is 1. The number of nitrogens with two attached hydrogens (primary N) is 1. The number of amides is 1. The molecule has 0 spiro atoms. The number of nitrogens with zero attached hydrogens (tertiary/aromatic N) is 1. The molecule has 6 heteroatoms. The molecule has 0 unspecified atom stereocenters. The van der Waals surface area contributed by atoms with Crippen LogP contribution in [-0.4, -0.2) is 44.4 Å². The van der Waals surface area contributed by atoms with Gasteiger partial charge in [0.25, 0.3) is 5.91 Å². The van der Waals surface area contributed by atoms with Crippen molar-refractivity contribution in [3.63, 3.8) is 0 Å². The molecule has 112 valence electrons. The number of carbonyl (C=O) groups excluding carboxylic acids is 1. The number of methoxy groups -OCH3 is 1. The first-order valence-corrected chi connectivity index (χ1v) is 6.72. The predicted octanol–water partition coefficient (Wildman–Crippen LogP) is 1.21. The van der Waals surface area contributed by atoms with Crippen LogP contribution in [0.25, 0.3) is 10.9 Å². The van der Waals surface area contributed by atoms with Crippen LogP contribution in [0.4, 0.5) is 5.82 Å². The Kier molecular flexibility index (Phi) is 5.48. The molecule has 6 nitrogen and oxygen atoms in total. The standard InChI is InChI=1S/C15H19N3O3/c1-20-8-9-21-7-6-17-15(19)12-10-14(16)18-13-5-3-2-4-11(12)13/h2-5,10H,6-9H2,1H3,(H2,16,18)(H,17,19). The molecule has 0 aliphatic carbocycles. The van der Waals surface area contributed by atoms with Gasteiger partial charge in [-0.05, 0) is 12.1 Å². The Hall–Kier alpha value is -2.18. The number of nitrogen functional groups attached to an aromatic ring is 1. The number of ether oxygens (including phenoxy) is 2. The topological polar surface area (TPSA) is 86.5 Å². The summed E-state index contributed by atoms with van der Waals surface area (Å²) in [7, 11) is 1.62. The van der Waals surface area contributed by atoms with E-state index in [1.807, 2.05) is 24.3 Å². The largest absolute Gasteiger partial charge is 0.384 e. The molecular formula is C15H19N3O3. The average Bonchev–Trinajstić information content (AvgIpc) is 2.49. The number of nitrogens with one attached hydrogen (secondary N) is 1. The number of para-hydroxylation sites is 1. The number of hydrogen-bond acceptors (Lipinski definition) is 5. The van der Waals surface area contributed by atoms with Crippen molar-refractivity contribution in [1.82, 2.24) is 10.3 Å². The molecule has 0 aliphatic rings. The number of anilines is 1. The van der Waals surface area contributed by atoms with E-state index in [-0.39, 0.29) is 5.91 Å². The van der Waals surface area contributed by atoms with Crippen molar-refractivity contribution in [3.05, 3.63) is 35.9 Å². The number of rotatable bonds is 7. The molecule has 1 aromatic carbocycles. The van der Waals surface area contributed by atoms with Crippen LogP contribution in [0.15, 0.2) is 30.3 Å². The Morgan fingerprint density at radius 3 is 2.90 bits per heavy atom. The molecule has 0 fully saturated rings. The highest BCUT2D eigenvalue weighted by Gasteiger charge is 2.11. The maximum absolute atomic E-state index is 12.2. The number of pyridine rings is 1. The highest BCUT2D eigenvalue weighted by atomic mass is 16.5. The van der Waals surface area contributed by atoms with E-state index in [9.17, 15) is 4.79 Å². The van der Waals surface area contributed by atoms with Crippen LogP contribution in [0.2, 0.25) is 0 Å². The minimum atomic E-state index is -0.185. The molecule has 21 heavy (non-hydrogen) atoms. The summed E-state index contributed by atoms with van der Waals surface area (Å²) in [5.74, 6) is 0.144. The van der Waals surface area contributed by atoms with E-state index in [1.165, 1.54) is 0 Å². The first-order chi connectivity index (χ1) is 10.2. The number of hydrogen-bond donors (Lipinski definition) is 2. The molecular weight excluding hydrogens is 270 g/mol. The van der Waals surface area contributed by atoms with Crippen molar-refractivity contribution in [2.24, 2.45) is 0 Å². The van der Waals surface area contributed by atoms with Gasteiger partial charge in [-0.25, -0.2) is 4.98 Å². The fourth-order valence-corrected chi connectivity index (χ4v) is 1.96. The number of aromatic nitrogens is 1. The lowest BCUT2D eigenvalue weighted by Crippen LogP contribution is -2.28. The average molecular weight is 289 g/mol. The molecule has 2 rings (SSSR count). The van der Waals surface area contributed by atoms with Crippen LogP contribution in [0, 0.1) is 0 Å². The molecule has 0 saturated heterocycles. The summed E-state index contributed by atoms with van der Waals surface area (Å²) >= 11 is 0. The lowest BCUT2D eigenvalue weighted by Gasteiger charge is -2.09. The van der Waals surface area contributed by atoms with Gasteiger partial charge in [0, 0.05) is 19.0 Å². The quantitative estimate of drug-likeness (QED) is 0.748. The van der Waals surface area contributed by atoms with E-state index in [0.29, 0.717) is 43.3 Å². The van der Waals surface area contributed by atoms with Crippen LogP contribution >= 0.6 is 0 Å². The van der Waals surface area contributed by atoms with Gasteiger partial charge in [-0.1, -0.05) is 18.2 Å². The molecule has 0 bridgehead atoms. The van der Waals surface area contributed by atoms with Crippen molar-refractivity contribution in [2.45, 2.75) is 0 Å². The molecule has 2 aromatic rings. The second kappa shape index (κ2) is 7.56. The molecule has 1 heterocycles. The minimum absolute atomic E-state index is 0.185. The third kappa shape index (κ3) is 4.14. The lowest BCUT2D eigenvalue weighted by molar-refractivity contribution is 0.0693. The summed E-state index contributed by atoms with van der Waals surface area (Å²) in [6.07, 6.45) is 0. The fourth-order valence-electron chi connectivity index (χ4n) is 1.96. The third-order valence-electron chi connectivity index (χ3n) is 2.94. The Balaban J connectivity index is 1.99. The van der Waals surface area contributed by atoms with E-state index < -0.39 is 0 Å². The second-order valence-corrected chi connectivity index (χ2v) is 4.47. The molecule has 0 atom stereocenters. The second-order valence-electron chi connectivity index (χ2n) is 4.47. The zero-order valence-electron chi connectivity index (χ0n) is 12.0. The van der Waals surface area contributed by atoms with Gasteiger partial charge in [0.1, 0.15) is 5.82 Å². The molecule has 0 radical (unpaired) electrons. The van der Waals surface area contributed by atoms with Gasteiger partial charge in [-0.15, -0.1) is 0 Å². The summed E-state index contributed by atoms with van der Waals surface area (Å²) < 4.78 is 10.2. The zero-order chi connectivity index (χ0) is 15.1. The van der Waals surface area contributed by atoms with Gasteiger partial charge >= 0.3 is 0 Å². The van der Waals surface area contributed by atoms with Crippen LogP contribution in [0.5, 0.6) is 0 Å². The van der Waals surface area contributed by atoms with Crippen molar-refractivity contribution < 1.29 is 14.3 Å². The number of fused-ring (bicyclic) bond motifs is 1. The molecule has 1 amide bonds. The van der Waals surface area contributed by atoms with Crippen LogP contribution in [0.1, 0.15) is 10.4 Å². The maximum atomic E-state index is 12.2. The van der Waals surface area contributed by atoms with E-state index in [0.717, 1.165) is 5.39 Å². The van der Waals surface area contributed by atoms with Gasteiger partial charge in [-0.2, -0.15) is 0 Å². The molecule has 0 aliphatic heterocycles. The SMILES string of the molecule is COCCOCCNC(=O)c1cc(N)nc2ccccc12. The van der Waals surface area contributed by atoms with Crippen LogP contribution in [-0.2, 0) is 9.47 Å². The van der Waals surface area contributed by atoms with Crippen molar-refractivity contribution in [2.75, 3.05) is 39.2 Å². The summed E-state index contributed by atoms with van der Waals surface area (Å²) in [5, 5.41) is 3.59. The van der Waals surface area contributed by atoms with Gasteiger partial charge in [0.2, 0.25) is 0 Å². The minimum Gasteiger partial charge on any atom is -0.384 e. The van der Waals surface area contributed by atoms with E-state index in [4.69, 9.17) is 15.2 Å². The zero-order valence-corrected chi connectivity index (χ0v) is 12.0. The van der Waals surface area contributed by atoms with Gasteiger partial charge in [0.05, 0.1) is 30.9 Å². The van der Waals surface area contributed by atoms with E-state index >= 15 is 0 Å². The summed E-state index contributed by atoms with van der Waals surface area (Å²) in [4.78, 5) is 16.4. The third-order valence-corrected chi connectivity index (χ3v) is 2.94.